The molecule has 0 aromatic heterocycles. The van der Waals surface area contributed by atoms with Gasteiger partial charge in [-0.25, -0.2) is 0 Å². The lowest BCUT2D eigenvalue weighted by Crippen LogP contribution is -1.92. The number of nitrogens with zero attached hydrogens (tertiary/aromatic N) is 4. The highest BCUT2D eigenvalue weighted by molar-refractivity contribution is 5.65. The van der Waals surface area contributed by atoms with Crippen molar-refractivity contribution in [2.75, 3.05) is 25.7 Å². The smallest absolute Gasteiger partial charge is 0.148 e. The summed E-state index contributed by atoms with van der Waals surface area (Å²) in [4.78, 5) is 0. The van der Waals surface area contributed by atoms with Crippen LogP contribution in [0.2, 0.25) is 0 Å². The predicted octanol–water partition coefficient (Wildman–Crippen LogP) is 6.32. The molecule has 0 radical (unpaired) electrons. The van der Waals surface area contributed by atoms with Crippen LogP contribution >= 0.6 is 0 Å². The van der Waals surface area contributed by atoms with Crippen molar-refractivity contribution in [1.29, 1.82) is 0 Å². The first-order valence-corrected chi connectivity index (χ1v) is 9.23. The molecule has 0 unspecified atom stereocenters. The number of azo groups is 2. The van der Waals surface area contributed by atoms with Crippen LogP contribution in [-0.2, 0) is 0 Å². The average Bonchev–Trinajstić information content (AvgIpc) is 2.73. The summed E-state index contributed by atoms with van der Waals surface area (Å²) in [5.41, 5.74) is 17.2. The van der Waals surface area contributed by atoms with E-state index in [0.29, 0.717) is 45.6 Å². The highest BCUT2D eigenvalue weighted by Crippen LogP contribution is 2.37. The van der Waals surface area contributed by atoms with Crippen LogP contribution in [0.15, 0.2) is 69.0 Å². The molecule has 0 aliphatic carbocycles. The van der Waals surface area contributed by atoms with E-state index in [1.165, 1.54) is 0 Å². The minimum Gasteiger partial charge on any atom is -0.495 e. The van der Waals surface area contributed by atoms with Gasteiger partial charge in [0.1, 0.15) is 17.2 Å². The number of methoxy groups -OCH3 is 2. The van der Waals surface area contributed by atoms with Gasteiger partial charge in [0.05, 0.1) is 37.0 Å². The van der Waals surface area contributed by atoms with Crippen LogP contribution in [0.25, 0.3) is 0 Å². The summed E-state index contributed by atoms with van der Waals surface area (Å²) in [6.45, 7) is 3.83. The molecule has 154 valence electrons. The maximum Gasteiger partial charge on any atom is 0.148 e. The van der Waals surface area contributed by atoms with Crippen LogP contribution < -0.4 is 20.9 Å². The van der Waals surface area contributed by atoms with E-state index in [9.17, 15) is 0 Å². The van der Waals surface area contributed by atoms with Crippen LogP contribution in [0.5, 0.6) is 11.5 Å². The van der Waals surface area contributed by atoms with Gasteiger partial charge in [0.2, 0.25) is 0 Å². The van der Waals surface area contributed by atoms with Crippen molar-refractivity contribution in [2.24, 2.45) is 20.5 Å². The Hall–Kier alpha value is -3.94. The highest BCUT2D eigenvalue weighted by Gasteiger charge is 2.09. The molecule has 0 aliphatic rings. The SMILES string of the molecule is COc1cc(N=Nc2cc(C)c(N=Nc3ccc(N)cc3)cc2OC)c(C)cc1N. The van der Waals surface area contributed by atoms with Crippen LogP contribution in [0.1, 0.15) is 11.1 Å². The zero-order chi connectivity index (χ0) is 21.7. The summed E-state index contributed by atoms with van der Waals surface area (Å²) in [5.74, 6) is 1.09. The van der Waals surface area contributed by atoms with Crippen molar-refractivity contribution in [3.05, 3.63) is 59.7 Å². The Morgan fingerprint density at radius 3 is 1.80 bits per heavy atom. The van der Waals surface area contributed by atoms with Gasteiger partial charge in [0.25, 0.3) is 0 Å². The van der Waals surface area contributed by atoms with Crippen LogP contribution in [-0.4, -0.2) is 14.2 Å². The second-order valence-corrected chi connectivity index (χ2v) is 6.68. The van der Waals surface area contributed by atoms with Crippen LogP contribution in [0, 0.1) is 13.8 Å². The number of nitrogen functional groups attached to an aromatic ring is 2. The Balaban J connectivity index is 1.90. The fourth-order valence-corrected chi connectivity index (χ4v) is 2.76. The molecule has 0 atom stereocenters. The van der Waals surface area contributed by atoms with Crippen LogP contribution in [0.4, 0.5) is 34.1 Å². The molecule has 0 saturated carbocycles. The first kappa shape index (κ1) is 20.8. The number of benzene rings is 3. The van der Waals surface area contributed by atoms with Crippen molar-refractivity contribution in [3.8, 4) is 11.5 Å². The predicted molar refractivity (Wildman–Crippen MR) is 119 cm³/mol. The lowest BCUT2D eigenvalue weighted by Gasteiger charge is -2.09. The van der Waals surface area contributed by atoms with Gasteiger partial charge in [-0.2, -0.15) is 15.3 Å². The van der Waals surface area contributed by atoms with E-state index >= 15 is 0 Å². The van der Waals surface area contributed by atoms with Crippen molar-refractivity contribution in [3.63, 3.8) is 0 Å². The minimum absolute atomic E-state index is 0.538. The van der Waals surface area contributed by atoms with E-state index in [2.05, 4.69) is 20.5 Å². The van der Waals surface area contributed by atoms with Crippen molar-refractivity contribution >= 4 is 34.1 Å². The number of hydrogen-bond donors (Lipinski definition) is 2. The van der Waals surface area contributed by atoms with Gasteiger partial charge in [-0.3, -0.25) is 0 Å². The molecule has 30 heavy (non-hydrogen) atoms. The first-order chi connectivity index (χ1) is 14.4. The number of rotatable bonds is 6. The Morgan fingerprint density at radius 2 is 1.17 bits per heavy atom. The van der Waals surface area contributed by atoms with Gasteiger partial charge >= 0.3 is 0 Å². The third kappa shape index (κ3) is 4.72. The first-order valence-electron chi connectivity index (χ1n) is 9.23. The Kier molecular flexibility index (Phi) is 6.26. The largest absolute Gasteiger partial charge is 0.495 e. The quantitative estimate of drug-likeness (QED) is 0.369. The monoisotopic (exact) mass is 404 g/mol. The summed E-state index contributed by atoms with van der Waals surface area (Å²) < 4.78 is 10.7. The van der Waals surface area contributed by atoms with Gasteiger partial charge in [0.15, 0.2) is 0 Å². The fourth-order valence-electron chi connectivity index (χ4n) is 2.76. The van der Waals surface area contributed by atoms with E-state index in [1.54, 1.807) is 56.7 Å². The molecular formula is C22H24N6O2. The van der Waals surface area contributed by atoms with Crippen molar-refractivity contribution in [1.82, 2.24) is 0 Å². The number of ether oxygens (including phenoxy) is 2. The molecule has 0 aliphatic heterocycles. The highest BCUT2D eigenvalue weighted by atomic mass is 16.5. The minimum atomic E-state index is 0.538. The van der Waals surface area contributed by atoms with Crippen molar-refractivity contribution < 1.29 is 9.47 Å². The number of nitrogens with two attached hydrogens (primary N) is 2. The molecule has 0 spiro atoms. The van der Waals surface area contributed by atoms with Crippen molar-refractivity contribution in [2.45, 2.75) is 13.8 Å². The van der Waals surface area contributed by atoms with Gasteiger partial charge < -0.3 is 20.9 Å². The topological polar surface area (TPSA) is 120 Å². The van der Waals surface area contributed by atoms with E-state index in [-0.39, 0.29) is 0 Å². The van der Waals surface area contributed by atoms with E-state index in [4.69, 9.17) is 20.9 Å². The maximum absolute atomic E-state index is 5.93. The molecule has 4 N–H and O–H groups in total. The van der Waals surface area contributed by atoms with Gasteiger partial charge in [-0.15, -0.1) is 5.11 Å². The standard InChI is InChI=1S/C22H24N6O2/c1-13-9-17(24)21(29-3)11-18(13)27-28-20-10-14(2)19(12-22(20)30-4)26-25-16-7-5-15(23)6-8-16/h5-12H,23-24H2,1-4H3. The second kappa shape index (κ2) is 9.04. The number of anilines is 2. The Morgan fingerprint density at radius 1 is 0.633 bits per heavy atom. The normalized spacial score (nSPS) is 11.3. The Bertz CT molecular complexity index is 1110. The average molecular weight is 404 g/mol. The molecule has 0 bridgehead atoms. The zero-order valence-electron chi connectivity index (χ0n) is 17.4. The summed E-state index contributed by atoms with van der Waals surface area (Å²) in [7, 11) is 3.13. The molecular weight excluding hydrogens is 380 g/mol. The second-order valence-electron chi connectivity index (χ2n) is 6.68. The lowest BCUT2D eigenvalue weighted by atomic mass is 10.1. The zero-order valence-corrected chi connectivity index (χ0v) is 17.4. The third-order valence-corrected chi connectivity index (χ3v) is 4.48. The molecule has 0 amide bonds. The number of aryl methyl sites for hydroxylation is 2. The van der Waals surface area contributed by atoms with E-state index < -0.39 is 0 Å². The summed E-state index contributed by atoms with van der Waals surface area (Å²) in [6, 6.07) is 14.3. The Labute approximate surface area is 175 Å². The number of hydrogen-bond acceptors (Lipinski definition) is 8. The van der Waals surface area contributed by atoms with Gasteiger partial charge in [-0.1, -0.05) is 0 Å². The molecule has 8 heteroatoms. The molecule has 3 rings (SSSR count). The molecule has 8 nitrogen and oxygen atoms in total. The molecule has 3 aromatic carbocycles. The summed E-state index contributed by atoms with van der Waals surface area (Å²) >= 11 is 0. The fraction of sp³-hybridized carbons (Fsp3) is 0.182. The van der Waals surface area contributed by atoms with E-state index in [1.807, 2.05) is 19.9 Å². The summed E-state index contributed by atoms with van der Waals surface area (Å²) in [6.07, 6.45) is 0. The molecule has 0 saturated heterocycles. The summed E-state index contributed by atoms with van der Waals surface area (Å²) in [5, 5.41) is 17.3. The van der Waals surface area contributed by atoms with Crippen LogP contribution in [0.3, 0.4) is 0 Å². The maximum atomic E-state index is 5.93. The van der Waals surface area contributed by atoms with Gasteiger partial charge in [0, 0.05) is 17.8 Å². The van der Waals surface area contributed by atoms with E-state index in [0.717, 1.165) is 11.1 Å². The molecule has 3 aromatic rings. The third-order valence-electron chi connectivity index (χ3n) is 4.48. The van der Waals surface area contributed by atoms with Gasteiger partial charge in [-0.05, 0) is 61.4 Å². The molecule has 0 fully saturated rings. The lowest BCUT2D eigenvalue weighted by molar-refractivity contribution is 0.416. The molecule has 0 heterocycles.